The highest BCUT2D eigenvalue weighted by molar-refractivity contribution is 6.03. The molecule has 18 heavy (non-hydrogen) atoms. The molecule has 1 aromatic heterocycles. The lowest BCUT2D eigenvalue weighted by Crippen LogP contribution is -1.92. The Hall–Kier alpha value is -1.96. The van der Waals surface area contributed by atoms with Crippen molar-refractivity contribution in [2.24, 2.45) is 0 Å². The van der Waals surface area contributed by atoms with E-state index in [0.717, 1.165) is 11.0 Å². The molecule has 3 aromatic rings. The number of rotatable bonds is 1. The lowest BCUT2D eigenvalue weighted by atomic mass is 10.00. The Kier molecular flexibility index (Phi) is 2.51. The third-order valence-corrected chi connectivity index (χ3v) is 3.40. The SMILES string of the molecule is Cc1ccc2c(c1)nnc1cc(C(C)C)ccc12. The molecule has 0 N–H and O–H groups in total. The molecule has 2 heteroatoms. The quantitative estimate of drug-likeness (QED) is 0.591. The summed E-state index contributed by atoms with van der Waals surface area (Å²) in [7, 11) is 0. The molecule has 0 saturated heterocycles. The summed E-state index contributed by atoms with van der Waals surface area (Å²) in [4.78, 5) is 0. The maximum atomic E-state index is 4.34. The Morgan fingerprint density at radius 3 is 2.11 bits per heavy atom. The molecule has 0 bridgehead atoms. The van der Waals surface area contributed by atoms with Crippen molar-refractivity contribution in [1.29, 1.82) is 0 Å². The molecule has 0 atom stereocenters. The van der Waals surface area contributed by atoms with Gasteiger partial charge in [0.05, 0.1) is 11.0 Å². The molecule has 3 rings (SSSR count). The molecular weight excluding hydrogens is 220 g/mol. The molecule has 0 saturated carbocycles. The van der Waals surface area contributed by atoms with E-state index < -0.39 is 0 Å². The number of aromatic nitrogens is 2. The second kappa shape index (κ2) is 4.05. The Morgan fingerprint density at radius 2 is 1.44 bits per heavy atom. The normalized spacial score (nSPS) is 11.6. The fourth-order valence-electron chi connectivity index (χ4n) is 2.28. The molecular formula is C16H16N2. The van der Waals surface area contributed by atoms with Crippen LogP contribution in [0.2, 0.25) is 0 Å². The van der Waals surface area contributed by atoms with Crippen molar-refractivity contribution < 1.29 is 0 Å². The van der Waals surface area contributed by atoms with Crippen molar-refractivity contribution in [3.63, 3.8) is 0 Å². The van der Waals surface area contributed by atoms with Gasteiger partial charge in [-0.1, -0.05) is 38.1 Å². The van der Waals surface area contributed by atoms with Gasteiger partial charge in [-0.2, -0.15) is 0 Å². The van der Waals surface area contributed by atoms with E-state index >= 15 is 0 Å². The summed E-state index contributed by atoms with van der Waals surface area (Å²) < 4.78 is 0. The molecule has 0 spiro atoms. The van der Waals surface area contributed by atoms with Crippen LogP contribution < -0.4 is 0 Å². The second-order valence-corrected chi connectivity index (χ2v) is 5.15. The van der Waals surface area contributed by atoms with Crippen LogP contribution >= 0.6 is 0 Å². The van der Waals surface area contributed by atoms with Crippen LogP contribution in [0.25, 0.3) is 21.8 Å². The lowest BCUT2D eigenvalue weighted by Gasteiger charge is -2.08. The molecule has 0 unspecified atom stereocenters. The van der Waals surface area contributed by atoms with Gasteiger partial charge in [0.1, 0.15) is 0 Å². The fourth-order valence-corrected chi connectivity index (χ4v) is 2.28. The van der Waals surface area contributed by atoms with Crippen LogP contribution in [0.15, 0.2) is 36.4 Å². The van der Waals surface area contributed by atoms with Crippen molar-refractivity contribution in [2.45, 2.75) is 26.7 Å². The number of benzene rings is 2. The predicted molar refractivity (Wildman–Crippen MR) is 75.9 cm³/mol. The molecule has 0 fully saturated rings. The van der Waals surface area contributed by atoms with Crippen LogP contribution in [0.4, 0.5) is 0 Å². The van der Waals surface area contributed by atoms with Crippen LogP contribution in [0, 0.1) is 6.92 Å². The van der Waals surface area contributed by atoms with Gasteiger partial charge in [-0.3, -0.25) is 0 Å². The highest BCUT2D eigenvalue weighted by atomic mass is 15.1. The summed E-state index contributed by atoms with van der Waals surface area (Å²) in [5.74, 6) is 0.518. The van der Waals surface area contributed by atoms with Gasteiger partial charge in [0.2, 0.25) is 0 Å². The number of hydrogen-bond acceptors (Lipinski definition) is 2. The monoisotopic (exact) mass is 236 g/mol. The van der Waals surface area contributed by atoms with Crippen molar-refractivity contribution in [2.75, 3.05) is 0 Å². The minimum Gasteiger partial charge on any atom is -0.150 e. The largest absolute Gasteiger partial charge is 0.150 e. The van der Waals surface area contributed by atoms with Gasteiger partial charge in [-0.25, -0.2) is 0 Å². The maximum absolute atomic E-state index is 4.34. The molecule has 0 radical (unpaired) electrons. The predicted octanol–water partition coefficient (Wildman–Crippen LogP) is 4.21. The summed E-state index contributed by atoms with van der Waals surface area (Å²) in [6, 6.07) is 12.8. The maximum Gasteiger partial charge on any atom is 0.0939 e. The Bertz CT molecular complexity index is 730. The highest BCUT2D eigenvalue weighted by Gasteiger charge is 2.06. The van der Waals surface area contributed by atoms with E-state index in [2.05, 4.69) is 67.4 Å². The molecule has 0 aliphatic carbocycles. The first-order chi connectivity index (χ1) is 8.65. The lowest BCUT2D eigenvalue weighted by molar-refractivity contribution is 0.867. The average Bonchev–Trinajstić information content (AvgIpc) is 2.37. The van der Waals surface area contributed by atoms with E-state index in [1.165, 1.54) is 21.9 Å². The topological polar surface area (TPSA) is 25.8 Å². The van der Waals surface area contributed by atoms with Crippen molar-refractivity contribution >= 4 is 21.8 Å². The van der Waals surface area contributed by atoms with Crippen LogP contribution in [-0.2, 0) is 0 Å². The summed E-state index contributed by atoms with van der Waals surface area (Å²) in [5.41, 5.74) is 4.48. The molecule has 90 valence electrons. The van der Waals surface area contributed by atoms with Gasteiger partial charge in [0, 0.05) is 10.8 Å². The number of fused-ring (bicyclic) bond motifs is 3. The molecule has 0 aliphatic heterocycles. The van der Waals surface area contributed by atoms with E-state index in [1.807, 2.05) is 0 Å². The fraction of sp³-hybridized carbons (Fsp3) is 0.250. The van der Waals surface area contributed by atoms with E-state index in [-0.39, 0.29) is 0 Å². The van der Waals surface area contributed by atoms with Crippen molar-refractivity contribution in [1.82, 2.24) is 10.2 Å². The second-order valence-electron chi connectivity index (χ2n) is 5.15. The number of aryl methyl sites for hydroxylation is 1. The van der Waals surface area contributed by atoms with Gasteiger partial charge in [-0.05, 0) is 36.1 Å². The van der Waals surface area contributed by atoms with E-state index in [9.17, 15) is 0 Å². The van der Waals surface area contributed by atoms with Gasteiger partial charge in [0.25, 0.3) is 0 Å². The van der Waals surface area contributed by atoms with Gasteiger partial charge >= 0.3 is 0 Å². The first kappa shape index (κ1) is 11.1. The van der Waals surface area contributed by atoms with E-state index in [0.29, 0.717) is 5.92 Å². The summed E-state index contributed by atoms with van der Waals surface area (Å²) >= 11 is 0. The zero-order chi connectivity index (χ0) is 12.7. The van der Waals surface area contributed by atoms with Gasteiger partial charge in [0.15, 0.2) is 0 Å². The smallest absolute Gasteiger partial charge is 0.0939 e. The highest BCUT2D eigenvalue weighted by Crippen LogP contribution is 2.25. The third kappa shape index (κ3) is 1.74. The standard InChI is InChI=1S/C16H16N2/c1-10(2)12-5-7-14-13-6-4-11(3)8-15(13)17-18-16(14)9-12/h4-10H,1-3H3. The third-order valence-electron chi connectivity index (χ3n) is 3.40. The Morgan fingerprint density at radius 1 is 0.833 bits per heavy atom. The molecule has 1 heterocycles. The molecule has 0 amide bonds. The Balaban J connectivity index is 2.35. The van der Waals surface area contributed by atoms with Crippen LogP contribution in [-0.4, -0.2) is 10.2 Å². The molecule has 2 nitrogen and oxygen atoms in total. The van der Waals surface area contributed by atoms with Crippen molar-refractivity contribution in [3.8, 4) is 0 Å². The van der Waals surface area contributed by atoms with E-state index in [4.69, 9.17) is 0 Å². The minimum absolute atomic E-state index is 0.518. The first-order valence-corrected chi connectivity index (χ1v) is 6.32. The van der Waals surface area contributed by atoms with Crippen LogP contribution in [0.1, 0.15) is 30.9 Å². The molecule has 2 aromatic carbocycles. The zero-order valence-corrected chi connectivity index (χ0v) is 10.9. The van der Waals surface area contributed by atoms with Crippen LogP contribution in [0.5, 0.6) is 0 Å². The van der Waals surface area contributed by atoms with Crippen LogP contribution in [0.3, 0.4) is 0 Å². The van der Waals surface area contributed by atoms with Crippen molar-refractivity contribution in [3.05, 3.63) is 47.5 Å². The molecule has 0 aliphatic rings. The first-order valence-electron chi connectivity index (χ1n) is 6.32. The number of nitrogens with zero attached hydrogens (tertiary/aromatic N) is 2. The summed E-state index contributed by atoms with van der Waals surface area (Å²) in [5, 5.41) is 11.0. The summed E-state index contributed by atoms with van der Waals surface area (Å²) in [6.45, 7) is 6.46. The van der Waals surface area contributed by atoms with Gasteiger partial charge < -0.3 is 0 Å². The summed E-state index contributed by atoms with van der Waals surface area (Å²) in [6.07, 6.45) is 0. The van der Waals surface area contributed by atoms with E-state index in [1.54, 1.807) is 0 Å². The zero-order valence-electron chi connectivity index (χ0n) is 10.9. The number of hydrogen-bond donors (Lipinski definition) is 0. The van der Waals surface area contributed by atoms with Gasteiger partial charge in [-0.15, -0.1) is 10.2 Å². The Labute approximate surface area is 107 Å². The average molecular weight is 236 g/mol. The minimum atomic E-state index is 0.518.